The lowest BCUT2D eigenvalue weighted by Gasteiger charge is -2.39. The van der Waals surface area contributed by atoms with Gasteiger partial charge in [-0.05, 0) is 36.8 Å². The van der Waals surface area contributed by atoms with Crippen LogP contribution in [0, 0.1) is 24.4 Å². The van der Waals surface area contributed by atoms with E-state index in [1.807, 2.05) is 13.8 Å². The molecule has 0 spiro atoms. The van der Waals surface area contributed by atoms with Crippen molar-refractivity contribution in [3.63, 3.8) is 0 Å². The summed E-state index contributed by atoms with van der Waals surface area (Å²) in [7, 11) is 0. The van der Waals surface area contributed by atoms with Crippen molar-refractivity contribution in [3.05, 3.63) is 58.9 Å². The zero-order chi connectivity index (χ0) is 20.8. The maximum atomic E-state index is 14.3. The second-order valence-corrected chi connectivity index (χ2v) is 6.08. The van der Waals surface area contributed by atoms with Crippen LogP contribution >= 0.6 is 0 Å². The number of nitrogens with zero attached hydrogens (tertiary/aromatic N) is 1. The minimum absolute atomic E-state index is 0. The van der Waals surface area contributed by atoms with E-state index < -0.39 is 29.0 Å². The minimum Gasteiger partial charge on any atom is -0.352 e. The normalized spacial score (nSPS) is 13.1. The molecule has 1 aliphatic heterocycles. The minimum atomic E-state index is -1.26. The molecule has 1 heterocycles. The topological polar surface area (TPSA) is 61.4 Å². The van der Waals surface area contributed by atoms with Gasteiger partial charge in [0.25, 0.3) is 5.91 Å². The number of rotatable bonds is 5. The van der Waals surface area contributed by atoms with Gasteiger partial charge in [-0.15, -0.1) is 0 Å². The molecule has 1 aliphatic rings. The Balaban J connectivity index is 0.00000204. The molecule has 2 aromatic carbocycles. The van der Waals surface area contributed by atoms with Gasteiger partial charge in [-0.2, -0.15) is 0 Å². The second-order valence-electron chi connectivity index (χ2n) is 6.08. The number of benzene rings is 2. The molecular formula is C20H26F3N3O2. The van der Waals surface area contributed by atoms with Gasteiger partial charge in [0, 0.05) is 15.9 Å². The van der Waals surface area contributed by atoms with Crippen LogP contribution in [0.15, 0.2) is 30.3 Å². The standard InChI is InChI=1S/C18H16F3N3O2.C2H6.2H2/c1-10-2-5-15(14(20)6-10)23-17-12(3-4-13(19)16(17)21)18(26)24-7-11(8-24)22-9-25;1-2;;/h2-6,9,11,23H,7-8H2,1H3,(H,22,25);1-2H3;2*1H. The molecule has 0 aliphatic carbocycles. The third-order valence-electron chi connectivity index (χ3n) is 4.18. The third-order valence-corrected chi connectivity index (χ3v) is 4.18. The Labute approximate surface area is 164 Å². The van der Waals surface area contributed by atoms with Crippen LogP contribution in [-0.2, 0) is 4.79 Å². The van der Waals surface area contributed by atoms with Crippen molar-refractivity contribution in [2.75, 3.05) is 18.4 Å². The molecule has 0 saturated carbocycles. The maximum Gasteiger partial charge on any atom is 0.256 e. The number of amides is 2. The fraction of sp³-hybridized carbons (Fsp3) is 0.300. The molecule has 1 fully saturated rings. The highest BCUT2D eigenvalue weighted by molar-refractivity contribution is 6.01. The average molecular weight is 397 g/mol. The first-order valence-electron chi connectivity index (χ1n) is 8.91. The number of anilines is 2. The lowest BCUT2D eigenvalue weighted by molar-refractivity contribution is -0.111. The van der Waals surface area contributed by atoms with E-state index in [9.17, 15) is 22.8 Å². The third kappa shape index (κ3) is 4.44. The van der Waals surface area contributed by atoms with Crippen LogP contribution in [-0.4, -0.2) is 36.3 Å². The summed E-state index contributed by atoms with van der Waals surface area (Å²) in [6, 6.07) is 6.06. The van der Waals surface area contributed by atoms with Crippen molar-refractivity contribution in [3.8, 4) is 0 Å². The Morgan fingerprint density at radius 2 is 1.82 bits per heavy atom. The molecule has 0 bridgehead atoms. The number of hydrogen-bond donors (Lipinski definition) is 2. The molecule has 154 valence electrons. The number of aryl methyl sites for hydroxylation is 1. The van der Waals surface area contributed by atoms with Crippen LogP contribution in [0.5, 0.6) is 0 Å². The summed E-state index contributed by atoms with van der Waals surface area (Å²) in [6.07, 6.45) is 0.539. The fourth-order valence-electron chi connectivity index (χ4n) is 2.72. The zero-order valence-corrected chi connectivity index (χ0v) is 15.9. The first-order valence-corrected chi connectivity index (χ1v) is 8.91. The largest absolute Gasteiger partial charge is 0.352 e. The summed E-state index contributed by atoms with van der Waals surface area (Å²) in [5.41, 5.74) is 0.0506. The van der Waals surface area contributed by atoms with Crippen LogP contribution in [0.2, 0.25) is 0 Å². The summed E-state index contributed by atoms with van der Waals surface area (Å²) in [5.74, 6) is -3.60. The van der Waals surface area contributed by atoms with E-state index in [-0.39, 0.29) is 33.2 Å². The lowest BCUT2D eigenvalue weighted by atomic mass is 10.0. The van der Waals surface area contributed by atoms with Crippen molar-refractivity contribution in [2.24, 2.45) is 0 Å². The quantitative estimate of drug-likeness (QED) is 0.742. The van der Waals surface area contributed by atoms with Crippen molar-refractivity contribution in [1.29, 1.82) is 0 Å². The number of hydrogen-bond acceptors (Lipinski definition) is 3. The average Bonchev–Trinajstić information content (AvgIpc) is 2.65. The van der Waals surface area contributed by atoms with Gasteiger partial charge in [-0.25, -0.2) is 13.2 Å². The highest BCUT2D eigenvalue weighted by atomic mass is 19.2. The summed E-state index contributed by atoms with van der Waals surface area (Å²) in [6.45, 7) is 6.21. The first kappa shape index (κ1) is 21.3. The highest BCUT2D eigenvalue weighted by Crippen LogP contribution is 2.30. The van der Waals surface area contributed by atoms with Gasteiger partial charge in [-0.3, -0.25) is 9.59 Å². The molecule has 28 heavy (non-hydrogen) atoms. The van der Waals surface area contributed by atoms with Crippen LogP contribution in [0.25, 0.3) is 0 Å². The summed E-state index contributed by atoms with van der Waals surface area (Å²) in [5, 5.41) is 5.02. The number of nitrogens with one attached hydrogen (secondary N) is 2. The van der Waals surface area contributed by atoms with E-state index >= 15 is 0 Å². The zero-order valence-electron chi connectivity index (χ0n) is 15.9. The van der Waals surface area contributed by atoms with Gasteiger partial charge in [-0.1, -0.05) is 19.9 Å². The summed E-state index contributed by atoms with van der Waals surface area (Å²) < 4.78 is 42.0. The molecular weight excluding hydrogens is 371 g/mol. The van der Waals surface area contributed by atoms with E-state index in [1.54, 1.807) is 13.0 Å². The van der Waals surface area contributed by atoms with Gasteiger partial charge in [0.1, 0.15) is 5.82 Å². The Bertz CT molecular complexity index is 879. The van der Waals surface area contributed by atoms with Crippen LogP contribution in [0.1, 0.15) is 32.6 Å². The Kier molecular flexibility index (Phi) is 7.03. The van der Waals surface area contributed by atoms with Crippen LogP contribution in [0.3, 0.4) is 0 Å². The second kappa shape index (κ2) is 9.25. The molecule has 0 radical (unpaired) electrons. The lowest BCUT2D eigenvalue weighted by Crippen LogP contribution is -2.59. The molecule has 0 atom stereocenters. The molecule has 2 aromatic rings. The molecule has 0 aromatic heterocycles. The maximum absolute atomic E-state index is 14.3. The predicted octanol–water partition coefficient (Wildman–Crippen LogP) is 4.24. The molecule has 5 nitrogen and oxygen atoms in total. The monoisotopic (exact) mass is 397 g/mol. The van der Waals surface area contributed by atoms with Crippen molar-refractivity contribution < 1.29 is 25.6 Å². The Morgan fingerprint density at radius 1 is 1.14 bits per heavy atom. The number of likely N-dealkylation sites (tertiary alicyclic amines) is 1. The van der Waals surface area contributed by atoms with Gasteiger partial charge in [0.2, 0.25) is 6.41 Å². The molecule has 0 unspecified atom stereocenters. The predicted molar refractivity (Wildman–Crippen MR) is 105 cm³/mol. The van der Waals surface area contributed by atoms with E-state index in [4.69, 9.17) is 0 Å². The molecule has 3 rings (SSSR count). The molecule has 2 amide bonds. The van der Waals surface area contributed by atoms with Gasteiger partial charge >= 0.3 is 0 Å². The van der Waals surface area contributed by atoms with Crippen molar-refractivity contribution in [2.45, 2.75) is 26.8 Å². The van der Waals surface area contributed by atoms with Gasteiger partial charge < -0.3 is 15.5 Å². The Hall–Kier alpha value is -3.03. The van der Waals surface area contributed by atoms with Crippen molar-refractivity contribution in [1.82, 2.24) is 10.2 Å². The first-order chi connectivity index (χ1) is 13.4. The van der Waals surface area contributed by atoms with Crippen LogP contribution in [0.4, 0.5) is 24.5 Å². The van der Waals surface area contributed by atoms with E-state index in [0.717, 1.165) is 12.1 Å². The Morgan fingerprint density at radius 3 is 2.43 bits per heavy atom. The van der Waals surface area contributed by atoms with E-state index in [2.05, 4.69) is 10.6 Å². The van der Waals surface area contributed by atoms with Crippen molar-refractivity contribution >= 4 is 23.7 Å². The van der Waals surface area contributed by atoms with Gasteiger partial charge in [0.05, 0.1) is 23.0 Å². The highest BCUT2D eigenvalue weighted by Gasteiger charge is 2.33. The number of carbonyl (C=O) groups is 2. The molecule has 1 saturated heterocycles. The number of halogens is 3. The fourth-order valence-corrected chi connectivity index (χ4v) is 2.72. The summed E-state index contributed by atoms with van der Waals surface area (Å²) >= 11 is 0. The molecule has 2 N–H and O–H groups in total. The van der Waals surface area contributed by atoms with Crippen LogP contribution < -0.4 is 10.6 Å². The smallest absolute Gasteiger partial charge is 0.256 e. The number of carbonyl (C=O) groups excluding carboxylic acids is 2. The molecule has 8 heteroatoms. The van der Waals surface area contributed by atoms with E-state index in [1.165, 1.54) is 17.0 Å². The SMILES string of the molecule is CC.Cc1ccc(Nc2c(C(=O)N3CC(NC=O)C3)ccc(F)c2F)c(F)c1.[HH].[HH]. The van der Waals surface area contributed by atoms with Gasteiger partial charge in [0.15, 0.2) is 11.6 Å². The summed E-state index contributed by atoms with van der Waals surface area (Å²) in [4.78, 5) is 24.4. The van der Waals surface area contributed by atoms with E-state index in [0.29, 0.717) is 12.0 Å².